The normalized spacial score (nSPS) is 12.7. The molecule has 2 N–H and O–H groups in total. The summed E-state index contributed by atoms with van der Waals surface area (Å²) in [4.78, 5) is 9.26. The number of carbonyl (C=O) groups is 1. The van der Waals surface area contributed by atoms with Gasteiger partial charge in [-0.25, -0.2) is 0 Å². The fourth-order valence-electron chi connectivity index (χ4n) is 1.08. The van der Waals surface area contributed by atoms with Crippen LogP contribution in [-0.2, 0) is 4.79 Å². The molecule has 1 atom stereocenters. The van der Waals surface area contributed by atoms with Crippen LogP contribution in [0.15, 0.2) is 0 Å². The summed E-state index contributed by atoms with van der Waals surface area (Å²) in [6.45, 7) is 4.87. The Morgan fingerprint density at radius 2 is 1.87 bits per heavy atom. The van der Waals surface area contributed by atoms with E-state index in [1.165, 1.54) is 6.92 Å². The fraction of sp³-hybridized carbons (Fsp3) is 0.900. The van der Waals surface area contributed by atoms with Crippen molar-refractivity contribution in [1.29, 1.82) is 0 Å². The van der Waals surface area contributed by atoms with Crippen LogP contribution in [0.5, 0.6) is 0 Å². The van der Waals surface area contributed by atoms with E-state index in [2.05, 4.69) is 0 Å². The largest absolute Gasteiger partial charge is 0.550 e. The molecule has 0 aliphatic carbocycles. The number of quaternary nitrogens is 1. The van der Waals surface area contributed by atoms with E-state index in [0.29, 0.717) is 17.6 Å². The summed E-state index contributed by atoms with van der Waals surface area (Å²) < 4.78 is 0.675. The highest BCUT2D eigenvalue weighted by molar-refractivity contribution is 5.63. The number of rotatable bonds is 5. The summed E-state index contributed by atoms with van der Waals surface area (Å²) in [6.07, 6.45) is -0.179. The summed E-state index contributed by atoms with van der Waals surface area (Å²) in [5.74, 6) is -0.995. The molecular formula is C10H23NO4. The van der Waals surface area contributed by atoms with E-state index in [9.17, 15) is 9.90 Å². The Balaban J connectivity index is 0. The Labute approximate surface area is 91.5 Å². The molecule has 0 amide bonds. The molecule has 0 aromatic carbocycles. The van der Waals surface area contributed by atoms with Crippen molar-refractivity contribution in [2.45, 2.75) is 26.4 Å². The maximum absolute atomic E-state index is 9.26. The third-order valence-electron chi connectivity index (χ3n) is 1.75. The van der Waals surface area contributed by atoms with Crippen LogP contribution in [0, 0.1) is 0 Å². The second-order valence-electron chi connectivity index (χ2n) is 4.14. The number of aliphatic hydroxyl groups is 2. The molecule has 0 radical (unpaired) electrons. The van der Waals surface area contributed by atoms with Gasteiger partial charge in [0.1, 0.15) is 19.2 Å². The summed E-state index contributed by atoms with van der Waals surface area (Å²) in [6, 6.07) is 0. The molecule has 5 heteroatoms. The van der Waals surface area contributed by atoms with Crippen molar-refractivity contribution in [3.63, 3.8) is 0 Å². The van der Waals surface area contributed by atoms with Crippen LogP contribution >= 0.6 is 0 Å². The number of carboxylic acid groups (broad SMARTS) is 1. The van der Waals surface area contributed by atoms with Crippen molar-refractivity contribution >= 4 is 5.97 Å². The quantitative estimate of drug-likeness (QED) is 0.558. The van der Waals surface area contributed by atoms with Gasteiger partial charge in [-0.05, 0) is 13.3 Å². The van der Waals surface area contributed by atoms with E-state index in [1.807, 2.05) is 14.1 Å². The van der Waals surface area contributed by atoms with E-state index in [-0.39, 0.29) is 19.1 Å². The third kappa shape index (κ3) is 16.1. The number of nitrogens with zero attached hydrogens (tertiary/aromatic N) is 1. The predicted molar refractivity (Wildman–Crippen MR) is 55.9 cm³/mol. The van der Waals surface area contributed by atoms with Crippen molar-refractivity contribution in [2.75, 3.05) is 33.8 Å². The molecule has 0 fully saturated rings. The smallest absolute Gasteiger partial charge is 0.104 e. The first-order valence-electron chi connectivity index (χ1n) is 5.06. The molecule has 5 nitrogen and oxygen atoms in total. The Bertz CT molecular complexity index is 169. The number of carboxylic acids is 1. The third-order valence-corrected chi connectivity index (χ3v) is 1.75. The number of hydrogen-bond acceptors (Lipinski definition) is 4. The van der Waals surface area contributed by atoms with Crippen LogP contribution in [0.25, 0.3) is 0 Å². The Kier molecular flexibility index (Phi) is 9.66. The lowest BCUT2D eigenvalue weighted by molar-refractivity contribution is -0.893. The second-order valence-corrected chi connectivity index (χ2v) is 4.14. The van der Waals surface area contributed by atoms with Crippen molar-refractivity contribution in [3.05, 3.63) is 0 Å². The Hall–Kier alpha value is -0.650. The molecule has 0 spiro atoms. The van der Waals surface area contributed by atoms with Gasteiger partial charge in [-0.2, -0.15) is 0 Å². The first-order chi connectivity index (χ1) is 6.75. The lowest BCUT2D eigenvalue weighted by atomic mass is 10.3. The summed E-state index contributed by atoms with van der Waals surface area (Å²) in [5.41, 5.74) is 0. The van der Waals surface area contributed by atoms with Gasteiger partial charge in [0.15, 0.2) is 0 Å². The van der Waals surface area contributed by atoms with Gasteiger partial charge in [-0.15, -0.1) is 0 Å². The first-order valence-corrected chi connectivity index (χ1v) is 5.06. The number of aliphatic hydroxyl groups excluding tert-OH is 2. The van der Waals surface area contributed by atoms with Crippen molar-refractivity contribution in [3.8, 4) is 0 Å². The van der Waals surface area contributed by atoms with E-state index in [4.69, 9.17) is 10.2 Å². The zero-order valence-electron chi connectivity index (χ0n) is 10.1. The van der Waals surface area contributed by atoms with E-state index >= 15 is 0 Å². The highest BCUT2D eigenvalue weighted by Gasteiger charge is 2.16. The summed E-state index contributed by atoms with van der Waals surface area (Å²) in [7, 11) is 3.98. The second kappa shape index (κ2) is 8.64. The minimum atomic E-state index is -0.995. The van der Waals surface area contributed by atoms with E-state index in [0.717, 1.165) is 0 Å². The van der Waals surface area contributed by atoms with Gasteiger partial charge in [0.25, 0.3) is 0 Å². The molecule has 0 saturated heterocycles. The molecule has 0 aliphatic heterocycles. The maximum Gasteiger partial charge on any atom is 0.104 e. The minimum absolute atomic E-state index is 0.111. The number of aliphatic carboxylic acids is 1. The molecule has 0 heterocycles. The lowest BCUT2D eigenvalue weighted by Gasteiger charge is -2.29. The van der Waals surface area contributed by atoms with Crippen LogP contribution in [0.2, 0.25) is 0 Å². The van der Waals surface area contributed by atoms with Crippen molar-refractivity contribution in [1.82, 2.24) is 0 Å². The maximum atomic E-state index is 9.26. The van der Waals surface area contributed by atoms with Crippen LogP contribution in [0.4, 0.5) is 0 Å². The average molecular weight is 221 g/mol. The van der Waals surface area contributed by atoms with E-state index in [1.54, 1.807) is 6.92 Å². The lowest BCUT2D eigenvalue weighted by Crippen LogP contribution is -2.46. The topological polar surface area (TPSA) is 80.6 Å². The molecule has 0 aliphatic rings. The number of carbonyl (C=O) groups excluding carboxylic acids is 1. The van der Waals surface area contributed by atoms with Crippen LogP contribution in [0.3, 0.4) is 0 Å². The average Bonchev–Trinajstić information content (AvgIpc) is 2.02. The number of likely N-dealkylation sites (N-methyl/N-ethyl adjacent to an activating group) is 1. The number of hydrogen-bond donors (Lipinski definition) is 2. The minimum Gasteiger partial charge on any atom is -0.550 e. The Morgan fingerprint density at radius 1 is 1.47 bits per heavy atom. The monoisotopic (exact) mass is 221 g/mol. The summed E-state index contributed by atoms with van der Waals surface area (Å²) >= 11 is 0. The van der Waals surface area contributed by atoms with E-state index < -0.39 is 5.97 Å². The first kappa shape index (κ1) is 16.8. The SMILES string of the molecule is CC(O)C[N+](C)(C)CCO.CCC(=O)[O-]. The zero-order chi connectivity index (χ0) is 12.5. The fourth-order valence-corrected chi connectivity index (χ4v) is 1.08. The van der Waals surface area contributed by atoms with Crippen molar-refractivity contribution in [2.24, 2.45) is 0 Å². The van der Waals surface area contributed by atoms with Gasteiger partial charge in [0.05, 0.1) is 20.7 Å². The molecule has 92 valence electrons. The van der Waals surface area contributed by atoms with Crippen LogP contribution in [0.1, 0.15) is 20.3 Å². The van der Waals surface area contributed by atoms with Gasteiger partial charge < -0.3 is 24.6 Å². The zero-order valence-corrected chi connectivity index (χ0v) is 10.1. The summed E-state index contributed by atoms with van der Waals surface area (Å²) in [5, 5.41) is 26.9. The van der Waals surface area contributed by atoms with Gasteiger partial charge in [0.2, 0.25) is 0 Å². The molecule has 0 bridgehead atoms. The molecule has 1 unspecified atom stereocenters. The van der Waals surface area contributed by atoms with Gasteiger partial charge in [0, 0.05) is 5.97 Å². The Morgan fingerprint density at radius 3 is 2.07 bits per heavy atom. The highest BCUT2D eigenvalue weighted by atomic mass is 16.4. The van der Waals surface area contributed by atoms with Crippen molar-refractivity contribution < 1.29 is 24.6 Å². The molecule has 0 aromatic rings. The molecule has 0 saturated carbocycles. The van der Waals surface area contributed by atoms with Gasteiger partial charge in [-0.1, -0.05) is 6.92 Å². The molecular weight excluding hydrogens is 198 g/mol. The highest BCUT2D eigenvalue weighted by Crippen LogP contribution is 1.97. The van der Waals surface area contributed by atoms with Crippen LogP contribution < -0.4 is 5.11 Å². The molecule has 0 aromatic heterocycles. The predicted octanol–water partition coefficient (Wildman–Crippen LogP) is -1.42. The standard InChI is InChI=1S/C7H18NO2.C3H6O2/c1-7(10)6-8(2,3)4-5-9;1-2-3(4)5/h7,9-10H,4-6H2,1-3H3;2H2,1H3,(H,4,5)/q+1;/p-1. The van der Waals surface area contributed by atoms with Crippen LogP contribution in [-0.4, -0.2) is 60.6 Å². The molecule has 15 heavy (non-hydrogen) atoms. The van der Waals surface area contributed by atoms with Gasteiger partial charge in [-0.3, -0.25) is 0 Å². The molecule has 0 rings (SSSR count). The van der Waals surface area contributed by atoms with Gasteiger partial charge >= 0.3 is 0 Å².